The lowest BCUT2D eigenvalue weighted by molar-refractivity contribution is 0.720. The molecule has 16 heavy (non-hydrogen) atoms. The third-order valence-electron chi connectivity index (χ3n) is 2.66. The first-order valence-corrected chi connectivity index (χ1v) is 5.31. The number of rotatable bonds is 3. The van der Waals surface area contributed by atoms with Crippen molar-refractivity contribution in [2.24, 2.45) is 7.05 Å². The molecule has 2 rings (SSSR count). The molecule has 4 heteroatoms. The van der Waals surface area contributed by atoms with Crippen LogP contribution in [0.2, 0.25) is 0 Å². The molecule has 1 aromatic carbocycles. The van der Waals surface area contributed by atoms with E-state index in [1.807, 2.05) is 14.1 Å². The van der Waals surface area contributed by atoms with Crippen LogP contribution in [0.25, 0.3) is 11.3 Å². The Morgan fingerprint density at radius 2 is 2.19 bits per heavy atom. The second kappa shape index (κ2) is 4.45. The molecule has 0 aliphatic carbocycles. The summed E-state index contributed by atoms with van der Waals surface area (Å²) in [5, 5.41) is 11.0. The van der Waals surface area contributed by atoms with E-state index in [9.17, 15) is 0 Å². The van der Waals surface area contributed by atoms with Crippen LogP contribution >= 0.6 is 0 Å². The van der Waals surface area contributed by atoms with Crippen LogP contribution in [0.5, 0.6) is 0 Å². The Hall–Kier alpha value is -1.68. The quantitative estimate of drug-likeness (QED) is 0.845. The zero-order chi connectivity index (χ0) is 11.5. The van der Waals surface area contributed by atoms with Gasteiger partial charge in [-0.15, -0.1) is 5.10 Å². The maximum absolute atomic E-state index is 3.95. The molecule has 0 fully saturated rings. The smallest absolute Gasteiger partial charge is 0.0884 e. The molecule has 0 atom stereocenters. The third kappa shape index (κ3) is 1.97. The van der Waals surface area contributed by atoms with E-state index in [-0.39, 0.29) is 0 Å². The molecule has 0 unspecified atom stereocenters. The van der Waals surface area contributed by atoms with E-state index < -0.39 is 0 Å². The van der Waals surface area contributed by atoms with Gasteiger partial charge in [-0.2, -0.15) is 0 Å². The van der Waals surface area contributed by atoms with Crippen LogP contribution in [0.1, 0.15) is 11.1 Å². The molecule has 4 nitrogen and oxygen atoms in total. The molecule has 0 aliphatic rings. The number of hydrogen-bond donors (Lipinski definition) is 1. The Kier molecular flexibility index (Phi) is 3.01. The van der Waals surface area contributed by atoms with Crippen molar-refractivity contribution in [2.45, 2.75) is 13.5 Å². The molecule has 84 valence electrons. The van der Waals surface area contributed by atoms with Gasteiger partial charge in [0.25, 0.3) is 0 Å². The van der Waals surface area contributed by atoms with Gasteiger partial charge in [0, 0.05) is 19.2 Å². The van der Waals surface area contributed by atoms with Gasteiger partial charge < -0.3 is 5.32 Å². The Morgan fingerprint density at radius 1 is 1.38 bits per heavy atom. The van der Waals surface area contributed by atoms with Crippen LogP contribution in [-0.2, 0) is 13.6 Å². The van der Waals surface area contributed by atoms with Crippen LogP contribution in [0.15, 0.2) is 24.4 Å². The predicted octanol–water partition coefficient (Wildman–Crippen LogP) is 1.51. The number of aryl methyl sites for hydroxylation is 2. The van der Waals surface area contributed by atoms with E-state index in [0.717, 1.165) is 12.2 Å². The summed E-state index contributed by atoms with van der Waals surface area (Å²) >= 11 is 0. The molecule has 0 radical (unpaired) electrons. The number of hydrogen-bond acceptors (Lipinski definition) is 3. The van der Waals surface area contributed by atoms with Crippen molar-refractivity contribution in [3.63, 3.8) is 0 Å². The summed E-state index contributed by atoms with van der Waals surface area (Å²) in [5.41, 5.74) is 4.78. The van der Waals surface area contributed by atoms with Gasteiger partial charge in [-0.1, -0.05) is 23.4 Å². The Labute approximate surface area is 95.3 Å². The fraction of sp³-hybridized carbons (Fsp3) is 0.333. The number of aromatic nitrogens is 3. The predicted molar refractivity (Wildman–Crippen MR) is 63.9 cm³/mol. The van der Waals surface area contributed by atoms with Crippen molar-refractivity contribution in [1.82, 2.24) is 20.3 Å². The number of nitrogens with zero attached hydrogens (tertiary/aromatic N) is 3. The topological polar surface area (TPSA) is 42.7 Å². The third-order valence-corrected chi connectivity index (χ3v) is 2.66. The van der Waals surface area contributed by atoms with Gasteiger partial charge in [-0.25, -0.2) is 4.68 Å². The standard InChI is InChI=1S/C12H16N4/c1-9-6-10(7-13-2)4-5-11(9)12-8-14-15-16(12)3/h4-6,8,13H,7H2,1-3H3. The van der Waals surface area contributed by atoms with Crippen molar-refractivity contribution in [2.75, 3.05) is 7.05 Å². The molecular formula is C12H16N4. The minimum absolute atomic E-state index is 0.894. The van der Waals surface area contributed by atoms with E-state index in [0.29, 0.717) is 0 Å². The second-order valence-electron chi connectivity index (χ2n) is 3.92. The minimum atomic E-state index is 0.894. The maximum atomic E-state index is 3.95. The van der Waals surface area contributed by atoms with Crippen molar-refractivity contribution < 1.29 is 0 Å². The van der Waals surface area contributed by atoms with Crippen LogP contribution in [0.3, 0.4) is 0 Å². The molecule has 0 saturated heterocycles. The molecule has 0 saturated carbocycles. The molecule has 0 aliphatic heterocycles. The summed E-state index contributed by atoms with van der Waals surface area (Å²) in [4.78, 5) is 0. The lowest BCUT2D eigenvalue weighted by atomic mass is 10.0. The highest BCUT2D eigenvalue weighted by molar-refractivity contribution is 5.63. The highest BCUT2D eigenvalue weighted by Crippen LogP contribution is 2.22. The van der Waals surface area contributed by atoms with E-state index in [4.69, 9.17) is 0 Å². The van der Waals surface area contributed by atoms with Gasteiger partial charge >= 0.3 is 0 Å². The summed E-state index contributed by atoms with van der Waals surface area (Å²) in [6.07, 6.45) is 1.79. The molecule has 0 amide bonds. The summed E-state index contributed by atoms with van der Waals surface area (Å²) in [5.74, 6) is 0. The monoisotopic (exact) mass is 216 g/mol. The van der Waals surface area contributed by atoms with Gasteiger partial charge in [-0.05, 0) is 25.1 Å². The van der Waals surface area contributed by atoms with E-state index in [1.165, 1.54) is 16.7 Å². The van der Waals surface area contributed by atoms with Gasteiger partial charge in [0.2, 0.25) is 0 Å². The lowest BCUT2D eigenvalue weighted by Crippen LogP contribution is -2.05. The maximum Gasteiger partial charge on any atom is 0.0884 e. The first-order valence-electron chi connectivity index (χ1n) is 5.31. The fourth-order valence-electron chi connectivity index (χ4n) is 1.86. The summed E-state index contributed by atoms with van der Waals surface area (Å²) < 4.78 is 1.79. The minimum Gasteiger partial charge on any atom is -0.316 e. The first kappa shape index (κ1) is 10.8. The van der Waals surface area contributed by atoms with Gasteiger partial charge in [0.05, 0.1) is 11.9 Å². The molecular weight excluding hydrogens is 200 g/mol. The molecule has 2 aromatic rings. The van der Waals surface area contributed by atoms with E-state index in [2.05, 4.69) is 40.8 Å². The molecule has 0 bridgehead atoms. The summed E-state index contributed by atoms with van der Waals surface area (Å²) in [6.45, 7) is 3.01. The zero-order valence-electron chi connectivity index (χ0n) is 9.86. The highest BCUT2D eigenvalue weighted by atomic mass is 15.4. The Balaban J connectivity index is 2.40. The summed E-state index contributed by atoms with van der Waals surface area (Å²) in [6, 6.07) is 6.45. The normalized spacial score (nSPS) is 10.7. The Morgan fingerprint density at radius 3 is 2.75 bits per heavy atom. The second-order valence-corrected chi connectivity index (χ2v) is 3.92. The molecule has 1 N–H and O–H groups in total. The lowest BCUT2D eigenvalue weighted by Gasteiger charge is -2.08. The Bertz CT molecular complexity index is 488. The highest BCUT2D eigenvalue weighted by Gasteiger charge is 2.06. The fourth-order valence-corrected chi connectivity index (χ4v) is 1.86. The van der Waals surface area contributed by atoms with Crippen LogP contribution in [0, 0.1) is 6.92 Å². The molecule has 1 aromatic heterocycles. The van der Waals surface area contributed by atoms with Crippen LogP contribution < -0.4 is 5.32 Å². The average molecular weight is 216 g/mol. The van der Waals surface area contributed by atoms with Gasteiger partial charge in [-0.3, -0.25) is 0 Å². The first-order chi connectivity index (χ1) is 7.72. The molecule has 1 heterocycles. The summed E-state index contributed by atoms with van der Waals surface area (Å²) in [7, 11) is 3.86. The van der Waals surface area contributed by atoms with Crippen LogP contribution in [-0.4, -0.2) is 22.0 Å². The van der Waals surface area contributed by atoms with Crippen LogP contribution in [0.4, 0.5) is 0 Å². The number of benzene rings is 1. The van der Waals surface area contributed by atoms with E-state index in [1.54, 1.807) is 10.9 Å². The van der Waals surface area contributed by atoms with E-state index >= 15 is 0 Å². The number of nitrogens with one attached hydrogen (secondary N) is 1. The average Bonchev–Trinajstić information content (AvgIpc) is 2.65. The van der Waals surface area contributed by atoms with Gasteiger partial charge in [0.15, 0.2) is 0 Å². The van der Waals surface area contributed by atoms with Crippen molar-refractivity contribution in [3.8, 4) is 11.3 Å². The van der Waals surface area contributed by atoms with Crippen molar-refractivity contribution >= 4 is 0 Å². The van der Waals surface area contributed by atoms with Gasteiger partial charge in [0.1, 0.15) is 0 Å². The zero-order valence-corrected chi connectivity index (χ0v) is 9.86. The molecule has 0 spiro atoms. The van der Waals surface area contributed by atoms with Crippen molar-refractivity contribution in [1.29, 1.82) is 0 Å². The SMILES string of the molecule is CNCc1ccc(-c2cnnn2C)c(C)c1. The van der Waals surface area contributed by atoms with Crippen molar-refractivity contribution in [3.05, 3.63) is 35.5 Å². The largest absolute Gasteiger partial charge is 0.316 e.